The fourth-order valence-corrected chi connectivity index (χ4v) is 4.51. The van der Waals surface area contributed by atoms with Gasteiger partial charge in [0.05, 0.1) is 48.8 Å². The maximum atomic E-state index is 14.4. The number of likely N-dealkylation sites (tertiary alicyclic amines) is 1. The van der Waals surface area contributed by atoms with Crippen molar-refractivity contribution in [3.63, 3.8) is 0 Å². The quantitative estimate of drug-likeness (QED) is 0.283. The van der Waals surface area contributed by atoms with E-state index in [4.69, 9.17) is 0 Å². The van der Waals surface area contributed by atoms with Crippen molar-refractivity contribution in [2.24, 2.45) is 0 Å². The highest BCUT2D eigenvalue weighted by atomic mass is 19.4. The van der Waals surface area contributed by atoms with Gasteiger partial charge in [-0.2, -0.15) is 5.10 Å². The highest BCUT2D eigenvalue weighted by molar-refractivity contribution is 5.96. The molecule has 0 bridgehead atoms. The molecule has 1 unspecified atom stereocenters. The lowest BCUT2D eigenvalue weighted by atomic mass is 10.0. The van der Waals surface area contributed by atoms with Crippen molar-refractivity contribution >= 4 is 23.3 Å². The van der Waals surface area contributed by atoms with Crippen molar-refractivity contribution in [1.82, 2.24) is 29.8 Å². The van der Waals surface area contributed by atoms with Crippen LogP contribution in [0.4, 0.5) is 32.2 Å². The summed E-state index contributed by atoms with van der Waals surface area (Å²) in [5.74, 6) is -5.25. The molecule has 2 N–H and O–H groups in total. The van der Waals surface area contributed by atoms with Gasteiger partial charge in [0.25, 0.3) is 11.8 Å². The number of hydrogen-bond donors (Lipinski definition) is 2. The molecule has 1 aliphatic rings. The van der Waals surface area contributed by atoms with E-state index >= 15 is 0 Å². The first-order valence-corrected chi connectivity index (χ1v) is 12.8. The molecule has 0 aliphatic carbocycles. The second kappa shape index (κ2) is 11.2. The van der Waals surface area contributed by atoms with E-state index in [0.29, 0.717) is 22.6 Å². The first-order chi connectivity index (χ1) is 20.2. The van der Waals surface area contributed by atoms with Gasteiger partial charge in [-0.1, -0.05) is 0 Å². The van der Waals surface area contributed by atoms with Crippen LogP contribution in [0.15, 0.2) is 48.8 Å². The van der Waals surface area contributed by atoms with Crippen LogP contribution in [0.2, 0.25) is 0 Å². The summed E-state index contributed by atoms with van der Waals surface area (Å²) in [6, 6.07) is 6.19. The van der Waals surface area contributed by atoms with E-state index in [0.717, 1.165) is 18.2 Å². The predicted octanol–water partition coefficient (Wildman–Crippen LogP) is 4.52. The van der Waals surface area contributed by atoms with Crippen LogP contribution in [-0.4, -0.2) is 68.2 Å². The molecule has 16 heteroatoms. The third kappa shape index (κ3) is 7.02. The van der Waals surface area contributed by atoms with Crippen LogP contribution >= 0.6 is 0 Å². The van der Waals surface area contributed by atoms with E-state index in [-0.39, 0.29) is 23.5 Å². The molecule has 1 aliphatic heterocycles. The standard InChI is InChI=1S/C27H23F6N7O3/c1-14-19(25(42)35-15(2)18-8-17(3-4-20(18)28)43-27(31,32)33)7-16(9-34-14)21-5-6-23-36-22(10-40(23)38-21)37-24(41)11-39-12-26(29,30)13-39/h3-10,15H,11-13H2,1-2H3,(H,35,42)(H,37,41). The van der Waals surface area contributed by atoms with Crippen molar-refractivity contribution in [3.8, 4) is 17.0 Å². The van der Waals surface area contributed by atoms with Crippen molar-refractivity contribution in [3.05, 3.63) is 71.4 Å². The lowest BCUT2D eigenvalue weighted by molar-refractivity contribution is -0.274. The molecule has 4 aromatic rings. The third-order valence-corrected chi connectivity index (χ3v) is 6.51. The van der Waals surface area contributed by atoms with Crippen molar-refractivity contribution in [2.75, 3.05) is 25.0 Å². The molecular weight excluding hydrogens is 584 g/mol. The number of hydrogen-bond acceptors (Lipinski definition) is 7. The number of anilines is 1. The van der Waals surface area contributed by atoms with Crippen LogP contribution in [0.5, 0.6) is 5.75 Å². The molecule has 1 atom stereocenters. The summed E-state index contributed by atoms with van der Waals surface area (Å²) in [5.41, 5.74) is 1.41. The molecule has 1 fully saturated rings. The number of carbonyl (C=O) groups excluding carboxylic acids is 2. The van der Waals surface area contributed by atoms with Crippen LogP contribution in [0, 0.1) is 12.7 Å². The van der Waals surface area contributed by atoms with Crippen molar-refractivity contribution < 1.29 is 40.7 Å². The van der Waals surface area contributed by atoms with Gasteiger partial charge in [0.1, 0.15) is 11.6 Å². The van der Waals surface area contributed by atoms with E-state index < -0.39 is 54.8 Å². The summed E-state index contributed by atoms with van der Waals surface area (Å²) in [4.78, 5) is 35.1. The monoisotopic (exact) mass is 607 g/mol. The number of aryl methyl sites for hydroxylation is 1. The minimum absolute atomic E-state index is 0.115. The number of imidazole rings is 1. The molecule has 4 heterocycles. The molecule has 226 valence electrons. The van der Waals surface area contributed by atoms with Gasteiger partial charge in [0, 0.05) is 17.3 Å². The lowest BCUT2D eigenvalue weighted by Gasteiger charge is -2.37. The SMILES string of the molecule is Cc1ncc(-c2ccc3nc(NC(=O)CN4CC(F)(F)C4)cn3n2)cc1C(=O)NC(C)c1cc(OC(F)(F)F)ccc1F. The summed E-state index contributed by atoms with van der Waals surface area (Å²) < 4.78 is 83.4. The molecule has 1 saturated heterocycles. The number of amides is 2. The molecule has 43 heavy (non-hydrogen) atoms. The molecule has 10 nitrogen and oxygen atoms in total. The molecule has 0 spiro atoms. The molecule has 2 amide bonds. The van der Waals surface area contributed by atoms with Gasteiger partial charge in [0.2, 0.25) is 5.91 Å². The van der Waals surface area contributed by atoms with Crippen LogP contribution in [0.25, 0.3) is 16.9 Å². The third-order valence-electron chi connectivity index (χ3n) is 6.51. The zero-order valence-corrected chi connectivity index (χ0v) is 22.5. The van der Waals surface area contributed by atoms with Gasteiger partial charge in [-0.3, -0.25) is 19.5 Å². The summed E-state index contributed by atoms with van der Waals surface area (Å²) in [6.07, 6.45) is -2.06. The molecule has 5 rings (SSSR count). The number of carbonyl (C=O) groups is 2. The second-order valence-electron chi connectivity index (χ2n) is 9.98. The Kier molecular flexibility index (Phi) is 7.72. The number of halogens is 6. The highest BCUT2D eigenvalue weighted by Gasteiger charge is 2.44. The van der Waals surface area contributed by atoms with E-state index in [1.165, 1.54) is 34.8 Å². The lowest BCUT2D eigenvalue weighted by Crippen LogP contribution is -2.57. The van der Waals surface area contributed by atoms with Gasteiger partial charge in [-0.05, 0) is 50.2 Å². The molecule has 3 aromatic heterocycles. The van der Waals surface area contributed by atoms with Gasteiger partial charge >= 0.3 is 6.36 Å². The van der Waals surface area contributed by atoms with Crippen molar-refractivity contribution in [2.45, 2.75) is 32.2 Å². The van der Waals surface area contributed by atoms with Gasteiger partial charge in [0.15, 0.2) is 11.5 Å². The number of ether oxygens (including phenoxy) is 1. The van der Waals surface area contributed by atoms with Gasteiger partial charge in [-0.25, -0.2) is 22.7 Å². The zero-order chi connectivity index (χ0) is 31.1. The smallest absolute Gasteiger partial charge is 0.406 e. The molecular formula is C27H23F6N7O3. The van der Waals surface area contributed by atoms with E-state index in [9.17, 15) is 35.9 Å². The first kappa shape index (κ1) is 29.8. The Morgan fingerprint density at radius 1 is 1.14 bits per heavy atom. The van der Waals surface area contributed by atoms with E-state index in [1.807, 2.05) is 0 Å². The van der Waals surface area contributed by atoms with Gasteiger partial charge < -0.3 is 15.4 Å². The Hall–Kier alpha value is -4.73. The predicted molar refractivity (Wildman–Crippen MR) is 140 cm³/mol. The largest absolute Gasteiger partial charge is 0.573 e. The average Bonchev–Trinajstić information content (AvgIpc) is 3.29. The number of benzene rings is 1. The second-order valence-corrected chi connectivity index (χ2v) is 9.98. The Morgan fingerprint density at radius 2 is 1.88 bits per heavy atom. The number of fused-ring (bicyclic) bond motifs is 1. The normalized spacial score (nSPS) is 15.5. The highest BCUT2D eigenvalue weighted by Crippen LogP contribution is 2.29. The summed E-state index contributed by atoms with van der Waals surface area (Å²) in [7, 11) is 0. The minimum Gasteiger partial charge on any atom is -0.406 e. The average molecular weight is 608 g/mol. The molecule has 1 aromatic carbocycles. The van der Waals surface area contributed by atoms with Crippen LogP contribution in [0.1, 0.15) is 34.6 Å². The topological polar surface area (TPSA) is 114 Å². The number of alkyl halides is 5. The Balaban J connectivity index is 1.30. The van der Waals surface area contributed by atoms with Gasteiger partial charge in [-0.15, -0.1) is 13.2 Å². The van der Waals surface area contributed by atoms with Crippen molar-refractivity contribution in [1.29, 1.82) is 0 Å². The molecule has 0 radical (unpaired) electrons. The summed E-state index contributed by atoms with van der Waals surface area (Å²) in [6.45, 7) is 1.80. The zero-order valence-electron chi connectivity index (χ0n) is 22.5. The maximum absolute atomic E-state index is 14.4. The Morgan fingerprint density at radius 3 is 2.58 bits per heavy atom. The number of pyridine rings is 1. The number of nitrogens with one attached hydrogen (secondary N) is 2. The number of aromatic nitrogens is 4. The Labute approximate surface area is 239 Å². The number of rotatable bonds is 8. The van der Waals surface area contributed by atoms with E-state index in [2.05, 4.69) is 30.4 Å². The van der Waals surface area contributed by atoms with Crippen LogP contribution in [-0.2, 0) is 4.79 Å². The summed E-state index contributed by atoms with van der Waals surface area (Å²) in [5, 5.41) is 9.55. The number of nitrogens with zero attached hydrogens (tertiary/aromatic N) is 5. The molecule has 0 saturated carbocycles. The fourth-order valence-electron chi connectivity index (χ4n) is 4.51. The Bertz CT molecular complexity index is 1700. The van der Waals surface area contributed by atoms with Crippen LogP contribution in [0.3, 0.4) is 0 Å². The maximum Gasteiger partial charge on any atom is 0.573 e. The summed E-state index contributed by atoms with van der Waals surface area (Å²) >= 11 is 0. The fraction of sp³-hybridized carbons (Fsp3) is 0.296. The van der Waals surface area contributed by atoms with Crippen LogP contribution < -0.4 is 15.4 Å². The first-order valence-electron chi connectivity index (χ1n) is 12.8. The minimum atomic E-state index is -4.97. The van der Waals surface area contributed by atoms with E-state index in [1.54, 1.807) is 19.1 Å².